The quantitative estimate of drug-likeness (QED) is 0.680. The molecule has 5 nitrogen and oxygen atoms in total. The lowest BCUT2D eigenvalue weighted by Crippen LogP contribution is -2.51. The van der Waals surface area contributed by atoms with Gasteiger partial charge in [0, 0.05) is 31.7 Å². The number of nitrogens with zero attached hydrogens (tertiary/aromatic N) is 2. The van der Waals surface area contributed by atoms with E-state index in [4.69, 9.17) is 27.9 Å². The number of hydrogen-bond acceptors (Lipinski definition) is 3. The minimum absolute atomic E-state index is 0.00609. The van der Waals surface area contributed by atoms with Gasteiger partial charge in [-0.3, -0.25) is 9.59 Å². The first-order chi connectivity index (χ1) is 14.0. The Morgan fingerprint density at radius 2 is 1.59 bits per heavy atom. The molecule has 3 rings (SSSR count). The van der Waals surface area contributed by atoms with Gasteiger partial charge in [-0.15, -0.1) is 0 Å². The van der Waals surface area contributed by atoms with E-state index in [1.165, 1.54) is 5.56 Å². The Morgan fingerprint density at radius 3 is 2.21 bits per heavy atom. The van der Waals surface area contributed by atoms with E-state index in [1.54, 1.807) is 28.0 Å². The van der Waals surface area contributed by atoms with Gasteiger partial charge in [-0.25, -0.2) is 0 Å². The molecule has 154 valence electrons. The fraction of sp³-hybridized carbons (Fsp3) is 0.364. The molecule has 1 fully saturated rings. The average molecular weight is 435 g/mol. The minimum Gasteiger partial charge on any atom is -0.484 e. The summed E-state index contributed by atoms with van der Waals surface area (Å²) in [5.74, 6) is 0.495. The molecule has 7 heteroatoms. The SMILES string of the molecule is CCCc1ccc(OCC(=O)N2CCN(C(=O)c3ccc(Cl)c(Cl)c3)CC2)cc1. The standard InChI is InChI=1S/C22H24Cl2N2O3/c1-2-3-16-4-7-18(8-5-16)29-15-21(27)25-10-12-26(13-11-25)22(28)17-6-9-19(23)20(24)14-17/h4-9,14H,2-3,10-13,15H2,1H3. The average Bonchev–Trinajstić information content (AvgIpc) is 2.75. The molecule has 1 aliphatic heterocycles. The van der Waals surface area contributed by atoms with Crippen LogP contribution in [-0.2, 0) is 11.2 Å². The number of rotatable bonds is 6. The van der Waals surface area contributed by atoms with Crippen molar-refractivity contribution < 1.29 is 14.3 Å². The van der Waals surface area contributed by atoms with Gasteiger partial charge >= 0.3 is 0 Å². The lowest BCUT2D eigenvalue weighted by Gasteiger charge is -2.34. The molecular formula is C22H24Cl2N2O3. The monoisotopic (exact) mass is 434 g/mol. The lowest BCUT2D eigenvalue weighted by molar-refractivity contribution is -0.134. The fourth-order valence-corrected chi connectivity index (χ4v) is 3.55. The van der Waals surface area contributed by atoms with Crippen LogP contribution >= 0.6 is 23.2 Å². The van der Waals surface area contributed by atoms with Crippen molar-refractivity contribution in [2.75, 3.05) is 32.8 Å². The van der Waals surface area contributed by atoms with Gasteiger partial charge in [-0.1, -0.05) is 48.7 Å². The summed E-state index contributed by atoms with van der Waals surface area (Å²) >= 11 is 11.9. The molecule has 1 aliphatic rings. The summed E-state index contributed by atoms with van der Waals surface area (Å²) in [6.45, 7) is 4.03. The third-order valence-electron chi connectivity index (χ3n) is 4.91. The highest BCUT2D eigenvalue weighted by atomic mass is 35.5. The largest absolute Gasteiger partial charge is 0.484 e. The second-order valence-electron chi connectivity index (χ2n) is 6.98. The predicted octanol–water partition coefficient (Wildman–Crippen LogP) is 4.31. The molecular weight excluding hydrogens is 411 g/mol. The highest BCUT2D eigenvalue weighted by molar-refractivity contribution is 6.42. The van der Waals surface area contributed by atoms with Gasteiger partial charge in [0.05, 0.1) is 10.0 Å². The number of carbonyl (C=O) groups is 2. The Labute approximate surface area is 181 Å². The summed E-state index contributed by atoms with van der Waals surface area (Å²) in [5.41, 5.74) is 1.75. The van der Waals surface area contributed by atoms with E-state index in [0.717, 1.165) is 12.8 Å². The molecule has 0 unspecified atom stereocenters. The van der Waals surface area contributed by atoms with Crippen molar-refractivity contribution in [2.45, 2.75) is 19.8 Å². The third-order valence-corrected chi connectivity index (χ3v) is 5.65. The summed E-state index contributed by atoms with van der Waals surface area (Å²) in [6.07, 6.45) is 2.13. The number of benzene rings is 2. The van der Waals surface area contributed by atoms with Crippen LogP contribution in [0.3, 0.4) is 0 Å². The van der Waals surface area contributed by atoms with E-state index in [2.05, 4.69) is 6.92 Å². The summed E-state index contributed by atoms with van der Waals surface area (Å²) in [7, 11) is 0. The zero-order valence-corrected chi connectivity index (χ0v) is 17.9. The Bertz CT molecular complexity index is 863. The number of carbonyl (C=O) groups excluding carboxylic acids is 2. The van der Waals surface area contributed by atoms with E-state index in [9.17, 15) is 9.59 Å². The fourth-order valence-electron chi connectivity index (χ4n) is 3.25. The van der Waals surface area contributed by atoms with E-state index in [0.29, 0.717) is 47.5 Å². The van der Waals surface area contributed by atoms with Crippen molar-refractivity contribution >= 4 is 35.0 Å². The normalized spacial score (nSPS) is 14.0. The van der Waals surface area contributed by atoms with Crippen LogP contribution in [0.5, 0.6) is 5.75 Å². The maximum absolute atomic E-state index is 12.6. The smallest absolute Gasteiger partial charge is 0.260 e. The second-order valence-corrected chi connectivity index (χ2v) is 7.80. The summed E-state index contributed by atoms with van der Waals surface area (Å²) in [4.78, 5) is 28.5. The van der Waals surface area contributed by atoms with E-state index in [-0.39, 0.29) is 18.4 Å². The number of hydrogen-bond donors (Lipinski definition) is 0. The van der Waals surface area contributed by atoms with E-state index >= 15 is 0 Å². The van der Waals surface area contributed by atoms with Gasteiger partial charge in [0.2, 0.25) is 0 Å². The first kappa shape index (κ1) is 21.5. The Hall–Kier alpha value is -2.24. The van der Waals surface area contributed by atoms with Crippen LogP contribution in [0.1, 0.15) is 29.3 Å². The number of piperazine rings is 1. The van der Waals surface area contributed by atoms with E-state index in [1.807, 2.05) is 24.3 Å². The van der Waals surface area contributed by atoms with Crippen LogP contribution in [0.4, 0.5) is 0 Å². The first-order valence-electron chi connectivity index (χ1n) is 9.71. The van der Waals surface area contributed by atoms with Crippen LogP contribution in [0.2, 0.25) is 10.0 Å². The maximum Gasteiger partial charge on any atom is 0.260 e. The van der Waals surface area contributed by atoms with Crippen LogP contribution in [0, 0.1) is 0 Å². The zero-order chi connectivity index (χ0) is 20.8. The van der Waals surface area contributed by atoms with Crippen LogP contribution in [0.15, 0.2) is 42.5 Å². The highest BCUT2D eigenvalue weighted by Gasteiger charge is 2.25. The number of halogens is 2. The lowest BCUT2D eigenvalue weighted by atomic mass is 10.1. The molecule has 0 bridgehead atoms. The first-order valence-corrected chi connectivity index (χ1v) is 10.5. The molecule has 0 atom stereocenters. The van der Waals surface area contributed by atoms with Gasteiger partial charge < -0.3 is 14.5 Å². The van der Waals surface area contributed by atoms with Gasteiger partial charge in [-0.2, -0.15) is 0 Å². The van der Waals surface area contributed by atoms with Crippen molar-refractivity contribution in [1.29, 1.82) is 0 Å². The topological polar surface area (TPSA) is 49.9 Å². The van der Waals surface area contributed by atoms with Crippen molar-refractivity contribution in [1.82, 2.24) is 9.80 Å². The molecule has 1 saturated heterocycles. The van der Waals surface area contributed by atoms with Gasteiger partial charge in [0.25, 0.3) is 11.8 Å². The molecule has 0 aliphatic carbocycles. The number of ether oxygens (including phenoxy) is 1. The van der Waals surface area contributed by atoms with Crippen molar-refractivity contribution in [3.8, 4) is 5.75 Å². The maximum atomic E-state index is 12.6. The molecule has 0 N–H and O–H groups in total. The number of aryl methyl sites for hydroxylation is 1. The van der Waals surface area contributed by atoms with Crippen LogP contribution in [-0.4, -0.2) is 54.4 Å². The van der Waals surface area contributed by atoms with Gasteiger partial charge in [0.1, 0.15) is 5.75 Å². The molecule has 2 aromatic rings. The minimum atomic E-state index is -0.112. The predicted molar refractivity (Wildman–Crippen MR) is 115 cm³/mol. The summed E-state index contributed by atoms with van der Waals surface area (Å²) in [6, 6.07) is 12.7. The molecule has 2 aromatic carbocycles. The summed E-state index contributed by atoms with van der Waals surface area (Å²) < 4.78 is 5.62. The van der Waals surface area contributed by atoms with Crippen molar-refractivity contribution in [3.63, 3.8) is 0 Å². The van der Waals surface area contributed by atoms with Crippen molar-refractivity contribution in [2.24, 2.45) is 0 Å². The molecule has 1 heterocycles. The zero-order valence-electron chi connectivity index (χ0n) is 16.4. The second kappa shape index (κ2) is 9.99. The van der Waals surface area contributed by atoms with Crippen LogP contribution < -0.4 is 4.74 Å². The Kier molecular flexibility index (Phi) is 7.40. The molecule has 0 radical (unpaired) electrons. The van der Waals surface area contributed by atoms with Gasteiger partial charge in [0.15, 0.2) is 6.61 Å². The molecule has 2 amide bonds. The van der Waals surface area contributed by atoms with E-state index < -0.39 is 0 Å². The molecule has 0 aromatic heterocycles. The van der Waals surface area contributed by atoms with Crippen LogP contribution in [0.25, 0.3) is 0 Å². The number of amides is 2. The van der Waals surface area contributed by atoms with Gasteiger partial charge in [-0.05, 0) is 42.3 Å². The third kappa shape index (κ3) is 5.64. The molecule has 29 heavy (non-hydrogen) atoms. The van der Waals surface area contributed by atoms with Crippen molar-refractivity contribution in [3.05, 3.63) is 63.6 Å². The summed E-state index contributed by atoms with van der Waals surface area (Å²) in [5, 5.41) is 0.768. The highest BCUT2D eigenvalue weighted by Crippen LogP contribution is 2.23. The molecule has 0 spiro atoms. The Balaban J connectivity index is 1.47. The molecule has 0 saturated carbocycles. The Morgan fingerprint density at radius 1 is 0.931 bits per heavy atom.